The lowest BCUT2D eigenvalue weighted by Crippen LogP contribution is -2.25. The van der Waals surface area contributed by atoms with Gasteiger partial charge in [-0.15, -0.1) is 0 Å². The number of nitrogens with zero attached hydrogens (tertiary/aromatic N) is 2. The summed E-state index contributed by atoms with van der Waals surface area (Å²) in [4.78, 5) is 1.61. The number of thiocarbonyl (C=S) groups is 1. The number of rotatable bonds is 2. The van der Waals surface area contributed by atoms with Gasteiger partial charge in [0.25, 0.3) is 0 Å². The van der Waals surface area contributed by atoms with Crippen LogP contribution in [0, 0.1) is 11.3 Å². The summed E-state index contributed by atoms with van der Waals surface area (Å²) in [7, 11) is 3.43. The van der Waals surface area contributed by atoms with Crippen LogP contribution in [0.1, 0.15) is 0 Å². The van der Waals surface area contributed by atoms with Gasteiger partial charge in [0.15, 0.2) is 0 Å². The molecule has 0 rings (SSSR count). The zero-order chi connectivity index (χ0) is 9.02. The summed E-state index contributed by atoms with van der Waals surface area (Å²) >= 11 is 4.60. The fourth-order valence-electron chi connectivity index (χ4n) is 0.462. The molecule has 0 amide bonds. The van der Waals surface area contributed by atoms with Crippen molar-refractivity contribution in [2.75, 3.05) is 14.1 Å². The second kappa shape index (κ2) is 3.78. The highest BCUT2D eigenvalue weighted by atomic mass is 32.1. The summed E-state index contributed by atoms with van der Waals surface area (Å²) in [5.74, 6) is 0.292. The van der Waals surface area contributed by atoms with Crippen molar-refractivity contribution in [2.45, 2.75) is 0 Å². The van der Waals surface area contributed by atoms with E-state index in [1.54, 1.807) is 19.0 Å². The molecule has 0 saturated heterocycles. The summed E-state index contributed by atoms with van der Waals surface area (Å²) in [6.07, 6.45) is 0. The van der Waals surface area contributed by atoms with E-state index in [4.69, 9.17) is 16.7 Å². The SMILES string of the molecule is CN(C)/C(N)=C(/C#N)C(N)=S. The molecule has 0 fully saturated rings. The summed E-state index contributed by atoms with van der Waals surface area (Å²) in [5.41, 5.74) is 10.9. The maximum atomic E-state index is 8.53. The van der Waals surface area contributed by atoms with Crippen molar-refractivity contribution in [3.63, 3.8) is 0 Å². The first-order valence-electron chi connectivity index (χ1n) is 2.87. The molecule has 0 bridgehead atoms. The van der Waals surface area contributed by atoms with Crippen molar-refractivity contribution in [1.29, 1.82) is 5.26 Å². The lowest BCUT2D eigenvalue weighted by atomic mass is 10.3. The predicted octanol–water partition coefficient (Wildman–Crippen LogP) is -0.472. The van der Waals surface area contributed by atoms with Crippen LogP contribution < -0.4 is 11.5 Å². The number of nitriles is 1. The second-order valence-corrected chi connectivity index (χ2v) is 2.57. The van der Waals surface area contributed by atoms with E-state index in [1.807, 2.05) is 6.07 Å². The molecule has 0 atom stereocenters. The van der Waals surface area contributed by atoms with Gasteiger partial charge in [0.05, 0.1) is 0 Å². The molecule has 60 valence electrons. The number of nitrogens with two attached hydrogens (primary N) is 2. The molecule has 0 aromatic carbocycles. The number of hydrogen-bond acceptors (Lipinski definition) is 4. The first-order valence-corrected chi connectivity index (χ1v) is 3.28. The molecule has 0 radical (unpaired) electrons. The van der Waals surface area contributed by atoms with Crippen LogP contribution in [0.2, 0.25) is 0 Å². The van der Waals surface area contributed by atoms with Crippen LogP contribution in [-0.4, -0.2) is 24.0 Å². The Morgan fingerprint density at radius 1 is 1.45 bits per heavy atom. The minimum atomic E-state index is 0.0266. The molecule has 0 aromatic rings. The molecule has 0 aliphatic heterocycles. The molecule has 4 nitrogen and oxygen atoms in total. The normalized spacial score (nSPS) is 11.4. The van der Waals surface area contributed by atoms with E-state index < -0.39 is 0 Å². The van der Waals surface area contributed by atoms with Crippen molar-refractivity contribution in [1.82, 2.24) is 4.90 Å². The van der Waals surface area contributed by atoms with Gasteiger partial charge in [-0.05, 0) is 0 Å². The fourth-order valence-corrected chi connectivity index (χ4v) is 0.612. The van der Waals surface area contributed by atoms with Gasteiger partial charge in [0.1, 0.15) is 22.5 Å². The van der Waals surface area contributed by atoms with Gasteiger partial charge in [-0.1, -0.05) is 12.2 Å². The molecular weight excluding hydrogens is 160 g/mol. The van der Waals surface area contributed by atoms with Crippen LogP contribution in [0.15, 0.2) is 11.4 Å². The van der Waals surface area contributed by atoms with Crippen LogP contribution in [-0.2, 0) is 0 Å². The van der Waals surface area contributed by atoms with Crippen LogP contribution in [0.3, 0.4) is 0 Å². The van der Waals surface area contributed by atoms with Gasteiger partial charge >= 0.3 is 0 Å². The van der Waals surface area contributed by atoms with Gasteiger partial charge in [-0.2, -0.15) is 5.26 Å². The summed E-state index contributed by atoms with van der Waals surface area (Å²) < 4.78 is 0. The van der Waals surface area contributed by atoms with Crippen LogP contribution in [0.4, 0.5) is 0 Å². The van der Waals surface area contributed by atoms with E-state index in [-0.39, 0.29) is 10.6 Å². The Hall–Kier alpha value is -1.28. The summed E-state index contributed by atoms with van der Waals surface area (Å²) in [6.45, 7) is 0. The first kappa shape index (κ1) is 9.72. The van der Waals surface area contributed by atoms with Crippen LogP contribution in [0.5, 0.6) is 0 Å². The average Bonchev–Trinajstić information content (AvgIpc) is 1.88. The lowest BCUT2D eigenvalue weighted by molar-refractivity contribution is 0.504. The summed E-state index contributed by atoms with van der Waals surface area (Å²) in [6, 6.07) is 1.83. The topological polar surface area (TPSA) is 79.1 Å². The highest BCUT2D eigenvalue weighted by molar-refractivity contribution is 7.80. The molecule has 0 aromatic heterocycles. The van der Waals surface area contributed by atoms with Gasteiger partial charge < -0.3 is 16.4 Å². The highest BCUT2D eigenvalue weighted by Crippen LogP contribution is 1.99. The van der Waals surface area contributed by atoms with E-state index in [0.717, 1.165) is 0 Å². The Morgan fingerprint density at radius 3 is 2.00 bits per heavy atom. The van der Waals surface area contributed by atoms with Crippen LogP contribution >= 0.6 is 12.2 Å². The lowest BCUT2D eigenvalue weighted by Gasteiger charge is -2.13. The molecule has 4 N–H and O–H groups in total. The molecule has 0 unspecified atom stereocenters. The quantitative estimate of drug-likeness (QED) is 0.333. The minimum Gasteiger partial charge on any atom is -0.389 e. The van der Waals surface area contributed by atoms with Crippen LogP contribution in [0.25, 0.3) is 0 Å². The maximum absolute atomic E-state index is 8.53. The third-order valence-corrected chi connectivity index (χ3v) is 1.30. The van der Waals surface area contributed by atoms with E-state index >= 15 is 0 Å². The third-order valence-electron chi connectivity index (χ3n) is 1.10. The van der Waals surface area contributed by atoms with E-state index in [0.29, 0.717) is 5.82 Å². The largest absolute Gasteiger partial charge is 0.389 e. The molecule has 0 aliphatic carbocycles. The Labute approximate surface area is 71.1 Å². The van der Waals surface area contributed by atoms with Gasteiger partial charge in [0, 0.05) is 14.1 Å². The van der Waals surface area contributed by atoms with E-state index in [2.05, 4.69) is 12.2 Å². The molecule has 0 spiro atoms. The summed E-state index contributed by atoms with van der Waals surface area (Å²) in [5, 5.41) is 8.53. The van der Waals surface area contributed by atoms with E-state index in [9.17, 15) is 0 Å². The molecule has 0 aliphatic rings. The van der Waals surface area contributed by atoms with Gasteiger partial charge in [0.2, 0.25) is 0 Å². The van der Waals surface area contributed by atoms with Crippen molar-refractivity contribution in [3.8, 4) is 6.07 Å². The smallest absolute Gasteiger partial charge is 0.126 e. The maximum Gasteiger partial charge on any atom is 0.126 e. The third kappa shape index (κ3) is 2.43. The average molecular weight is 170 g/mol. The highest BCUT2D eigenvalue weighted by Gasteiger charge is 2.06. The monoisotopic (exact) mass is 170 g/mol. The van der Waals surface area contributed by atoms with Crippen molar-refractivity contribution in [3.05, 3.63) is 11.4 Å². The fraction of sp³-hybridized carbons (Fsp3) is 0.333. The standard InChI is InChI=1S/C6H10N4S/c1-10(2)5(8)4(3-7)6(9)11/h8H2,1-2H3,(H2,9,11)/b5-4-. The predicted molar refractivity (Wildman–Crippen MR) is 47.3 cm³/mol. The second-order valence-electron chi connectivity index (χ2n) is 2.13. The van der Waals surface area contributed by atoms with Crippen molar-refractivity contribution in [2.24, 2.45) is 11.5 Å². The number of hydrogen-bond donors (Lipinski definition) is 2. The molecule has 11 heavy (non-hydrogen) atoms. The van der Waals surface area contributed by atoms with Gasteiger partial charge in [-0.3, -0.25) is 0 Å². The Morgan fingerprint density at radius 2 is 1.91 bits per heavy atom. The van der Waals surface area contributed by atoms with Gasteiger partial charge in [-0.25, -0.2) is 0 Å². The Balaban J connectivity index is 4.88. The van der Waals surface area contributed by atoms with Crippen molar-refractivity contribution < 1.29 is 0 Å². The molecular formula is C6H10N4S. The molecule has 0 saturated carbocycles. The molecule has 0 heterocycles. The zero-order valence-electron chi connectivity index (χ0n) is 6.46. The Kier molecular flexibility index (Phi) is 3.34. The Bertz CT molecular complexity index is 235. The van der Waals surface area contributed by atoms with E-state index in [1.165, 1.54) is 0 Å². The molecule has 5 heteroatoms. The zero-order valence-corrected chi connectivity index (χ0v) is 7.27. The minimum absolute atomic E-state index is 0.0266. The first-order chi connectivity index (χ1) is 5.00. The van der Waals surface area contributed by atoms with Crippen molar-refractivity contribution >= 4 is 17.2 Å².